The number of halogens is 5. The number of rotatable bonds is 6. The van der Waals surface area contributed by atoms with Crippen molar-refractivity contribution in [2.75, 3.05) is 18.6 Å². The van der Waals surface area contributed by atoms with E-state index in [4.69, 9.17) is 4.74 Å². The Morgan fingerprint density at radius 3 is 2.56 bits per heavy atom. The van der Waals surface area contributed by atoms with Gasteiger partial charge in [0.25, 0.3) is 12.3 Å². The molecule has 0 atom stereocenters. The number of carbonyl (C=O) groups excluding carboxylic acids is 1. The quantitative estimate of drug-likeness (QED) is 0.504. The summed E-state index contributed by atoms with van der Waals surface area (Å²) in [4.78, 5) is 25.2. The molecule has 11 heteroatoms. The van der Waals surface area contributed by atoms with E-state index in [1.807, 2.05) is 0 Å². The Labute approximate surface area is 179 Å². The maximum Gasteiger partial charge on any atom is 0.433 e. The normalized spacial score (nSPS) is 11.5. The van der Waals surface area contributed by atoms with Crippen molar-refractivity contribution < 1.29 is 31.5 Å². The fraction of sp³-hybridized carbons (Fsp3) is 0.238. The Kier molecular flexibility index (Phi) is 6.66. The van der Waals surface area contributed by atoms with Gasteiger partial charge < -0.3 is 9.64 Å². The van der Waals surface area contributed by atoms with Gasteiger partial charge in [0.05, 0.1) is 25.5 Å². The van der Waals surface area contributed by atoms with Crippen molar-refractivity contribution in [1.82, 2.24) is 15.0 Å². The van der Waals surface area contributed by atoms with E-state index >= 15 is 0 Å². The van der Waals surface area contributed by atoms with Gasteiger partial charge in [-0.1, -0.05) is 0 Å². The maximum absolute atomic E-state index is 13.4. The highest BCUT2D eigenvalue weighted by molar-refractivity contribution is 6.08. The number of hydrogen-bond donors (Lipinski definition) is 0. The molecule has 0 fully saturated rings. The van der Waals surface area contributed by atoms with Crippen LogP contribution in [0.2, 0.25) is 0 Å². The Balaban J connectivity index is 2.16. The monoisotopic (exact) mass is 452 g/mol. The molecule has 1 amide bonds. The zero-order valence-corrected chi connectivity index (χ0v) is 16.9. The van der Waals surface area contributed by atoms with Crippen LogP contribution in [0.15, 0.2) is 48.9 Å². The second kappa shape index (κ2) is 9.25. The largest absolute Gasteiger partial charge is 0.481 e. The molecule has 0 aromatic carbocycles. The van der Waals surface area contributed by atoms with Crippen LogP contribution in [0.1, 0.15) is 21.7 Å². The van der Waals surface area contributed by atoms with E-state index in [0.29, 0.717) is 22.1 Å². The van der Waals surface area contributed by atoms with Crippen LogP contribution >= 0.6 is 0 Å². The molecule has 3 aromatic heterocycles. The van der Waals surface area contributed by atoms with Gasteiger partial charge in [-0.05, 0) is 37.3 Å². The third-order valence-electron chi connectivity index (χ3n) is 4.40. The number of carbonyl (C=O) groups is 1. The van der Waals surface area contributed by atoms with E-state index < -0.39 is 36.3 Å². The smallest absolute Gasteiger partial charge is 0.433 e. The van der Waals surface area contributed by atoms with Crippen molar-refractivity contribution >= 4 is 11.6 Å². The van der Waals surface area contributed by atoms with E-state index in [1.165, 1.54) is 38.7 Å². The molecule has 3 rings (SSSR count). The van der Waals surface area contributed by atoms with Crippen molar-refractivity contribution in [3.8, 4) is 17.0 Å². The highest BCUT2D eigenvalue weighted by Crippen LogP contribution is 2.36. The van der Waals surface area contributed by atoms with E-state index in [-0.39, 0.29) is 17.3 Å². The van der Waals surface area contributed by atoms with Gasteiger partial charge in [-0.25, -0.2) is 18.7 Å². The van der Waals surface area contributed by atoms with Gasteiger partial charge in [0.15, 0.2) is 0 Å². The van der Waals surface area contributed by atoms with E-state index in [0.717, 1.165) is 6.07 Å². The number of nitrogens with zero attached hydrogens (tertiary/aromatic N) is 4. The number of anilines is 1. The van der Waals surface area contributed by atoms with Crippen LogP contribution in [0.5, 0.6) is 5.88 Å². The topological polar surface area (TPSA) is 68.2 Å². The summed E-state index contributed by atoms with van der Waals surface area (Å²) < 4.78 is 71.6. The molecule has 0 saturated carbocycles. The molecule has 0 N–H and O–H groups in total. The van der Waals surface area contributed by atoms with Crippen LogP contribution in [0.3, 0.4) is 0 Å². The summed E-state index contributed by atoms with van der Waals surface area (Å²) in [6.07, 6.45) is -3.75. The van der Waals surface area contributed by atoms with Crippen LogP contribution in [0, 0.1) is 6.92 Å². The Hall–Kier alpha value is -3.63. The minimum absolute atomic E-state index is 0.0351. The number of aryl methyl sites for hydroxylation is 1. The van der Waals surface area contributed by atoms with Gasteiger partial charge in [-0.2, -0.15) is 13.2 Å². The van der Waals surface area contributed by atoms with Crippen molar-refractivity contribution in [1.29, 1.82) is 0 Å². The SMILES string of the molecule is COc1ncccc1-c1ccncc1N(CC(F)F)C(=O)c1cc(C)nc(C(F)(F)F)c1. The lowest BCUT2D eigenvalue weighted by atomic mass is 10.0. The molecule has 0 aliphatic rings. The fourth-order valence-corrected chi connectivity index (χ4v) is 3.11. The summed E-state index contributed by atoms with van der Waals surface area (Å²) in [5.74, 6) is -0.887. The van der Waals surface area contributed by atoms with Crippen molar-refractivity contribution in [2.45, 2.75) is 19.5 Å². The van der Waals surface area contributed by atoms with Crippen molar-refractivity contribution in [2.24, 2.45) is 0 Å². The second-order valence-electron chi connectivity index (χ2n) is 6.64. The lowest BCUT2D eigenvalue weighted by Gasteiger charge is -2.25. The minimum Gasteiger partial charge on any atom is -0.481 e. The van der Waals surface area contributed by atoms with Crippen molar-refractivity contribution in [3.63, 3.8) is 0 Å². The highest BCUT2D eigenvalue weighted by atomic mass is 19.4. The number of aromatic nitrogens is 3. The first kappa shape index (κ1) is 23.0. The van der Waals surface area contributed by atoms with Crippen LogP contribution in [-0.4, -0.2) is 40.9 Å². The molecule has 0 aliphatic heterocycles. The third kappa shape index (κ3) is 4.98. The first-order valence-electron chi connectivity index (χ1n) is 9.21. The summed E-state index contributed by atoms with van der Waals surface area (Å²) in [5, 5.41) is 0. The molecule has 0 spiro atoms. The van der Waals surface area contributed by atoms with Crippen LogP contribution in [0.25, 0.3) is 11.1 Å². The Morgan fingerprint density at radius 1 is 1.16 bits per heavy atom. The van der Waals surface area contributed by atoms with Gasteiger partial charge in [0.1, 0.15) is 5.69 Å². The predicted molar refractivity (Wildman–Crippen MR) is 106 cm³/mol. The zero-order chi connectivity index (χ0) is 23.5. The molecule has 0 saturated heterocycles. The van der Waals surface area contributed by atoms with Crippen LogP contribution in [0.4, 0.5) is 27.6 Å². The number of ether oxygens (including phenoxy) is 1. The molecular weight excluding hydrogens is 435 g/mol. The van der Waals surface area contributed by atoms with Crippen LogP contribution < -0.4 is 9.64 Å². The summed E-state index contributed by atoms with van der Waals surface area (Å²) in [6.45, 7) is 0.211. The minimum atomic E-state index is -4.81. The van der Waals surface area contributed by atoms with Gasteiger partial charge in [0, 0.05) is 34.8 Å². The van der Waals surface area contributed by atoms with Gasteiger partial charge in [0.2, 0.25) is 5.88 Å². The fourth-order valence-electron chi connectivity index (χ4n) is 3.11. The average molecular weight is 452 g/mol. The summed E-state index contributed by atoms with van der Waals surface area (Å²) in [5.41, 5.74) is -1.16. The molecule has 0 aliphatic carbocycles. The highest BCUT2D eigenvalue weighted by Gasteiger charge is 2.34. The summed E-state index contributed by atoms with van der Waals surface area (Å²) in [7, 11) is 1.37. The Bertz CT molecular complexity index is 1120. The summed E-state index contributed by atoms with van der Waals surface area (Å²) in [6, 6.07) is 6.31. The first-order chi connectivity index (χ1) is 15.1. The number of pyridine rings is 3. The lowest BCUT2D eigenvalue weighted by Crippen LogP contribution is -2.36. The standard InChI is InChI=1S/C21H17F5N4O2/c1-12-8-13(9-17(29-12)21(24,25)26)20(31)30(11-18(22)23)16-10-27-7-5-14(16)15-4-3-6-28-19(15)32-2/h3-10,18H,11H2,1-2H3. The number of hydrogen-bond acceptors (Lipinski definition) is 5. The number of alkyl halides is 5. The maximum atomic E-state index is 13.4. The molecule has 3 heterocycles. The molecule has 3 aromatic rings. The van der Waals surface area contributed by atoms with Gasteiger partial charge >= 0.3 is 6.18 Å². The van der Waals surface area contributed by atoms with Gasteiger partial charge in [-0.3, -0.25) is 9.78 Å². The lowest BCUT2D eigenvalue weighted by molar-refractivity contribution is -0.141. The third-order valence-corrected chi connectivity index (χ3v) is 4.40. The predicted octanol–water partition coefficient (Wildman–Crippen LogP) is 4.79. The van der Waals surface area contributed by atoms with E-state index in [9.17, 15) is 26.7 Å². The van der Waals surface area contributed by atoms with E-state index in [1.54, 1.807) is 12.1 Å². The second-order valence-corrected chi connectivity index (χ2v) is 6.64. The molecule has 32 heavy (non-hydrogen) atoms. The van der Waals surface area contributed by atoms with Crippen LogP contribution in [-0.2, 0) is 6.18 Å². The van der Waals surface area contributed by atoms with E-state index in [2.05, 4.69) is 15.0 Å². The molecular formula is C21H17F5N4O2. The molecule has 168 valence electrons. The summed E-state index contributed by atoms with van der Waals surface area (Å²) >= 11 is 0. The zero-order valence-electron chi connectivity index (χ0n) is 16.9. The molecule has 0 bridgehead atoms. The first-order valence-corrected chi connectivity index (χ1v) is 9.21. The number of methoxy groups -OCH3 is 1. The molecule has 6 nitrogen and oxygen atoms in total. The molecule has 0 unspecified atom stereocenters. The average Bonchev–Trinajstić information content (AvgIpc) is 2.76. The van der Waals surface area contributed by atoms with Gasteiger partial charge in [-0.15, -0.1) is 0 Å². The van der Waals surface area contributed by atoms with Crippen molar-refractivity contribution in [3.05, 3.63) is 65.9 Å². The number of amides is 1. The Morgan fingerprint density at radius 2 is 1.91 bits per heavy atom. The molecule has 0 radical (unpaired) electrons.